The summed E-state index contributed by atoms with van der Waals surface area (Å²) in [5, 5.41) is 12.4. The van der Waals surface area contributed by atoms with E-state index in [9.17, 15) is 4.79 Å². The van der Waals surface area contributed by atoms with Crippen molar-refractivity contribution in [2.24, 2.45) is 5.92 Å². The highest BCUT2D eigenvalue weighted by molar-refractivity contribution is 6.30. The Morgan fingerprint density at radius 1 is 1.47 bits per heavy atom. The first-order valence-corrected chi connectivity index (χ1v) is 6.69. The van der Waals surface area contributed by atoms with Gasteiger partial charge in [0.05, 0.1) is 11.3 Å². The van der Waals surface area contributed by atoms with Crippen molar-refractivity contribution in [1.82, 2.24) is 5.32 Å². The average Bonchev–Trinajstić information content (AvgIpc) is 2.46. The van der Waals surface area contributed by atoms with Gasteiger partial charge in [0, 0.05) is 31.1 Å². The van der Waals surface area contributed by atoms with Gasteiger partial charge in [0.1, 0.15) is 6.07 Å². The number of hydrogen-bond acceptors (Lipinski definition) is 3. The van der Waals surface area contributed by atoms with Crippen molar-refractivity contribution in [2.75, 3.05) is 25.0 Å². The Morgan fingerprint density at radius 3 is 2.74 bits per heavy atom. The van der Waals surface area contributed by atoms with Crippen molar-refractivity contribution >= 4 is 23.2 Å². The molecular weight excluding hydrogens is 262 g/mol. The van der Waals surface area contributed by atoms with Gasteiger partial charge in [0.15, 0.2) is 0 Å². The molecule has 2 rings (SSSR count). The Kier molecular flexibility index (Phi) is 4.28. The molecule has 0 unspecified atom stereocenters. The smallest absolute Gasteiger partial charge is 0.222 e. The molecule has 1 aliphatic heterocycles. The second kappa shape index (κ2) is 5.94. The van der Waals surface area contributed by atoms with E-state index in [0.717, 1.165) is 31.6 Å². The molecule has 1 saturated heterocycles. The van der Waals surface area contributed by atoms with Gasteiger partial charge in [-0.15, -0.1) is 0 Å². The first kappa shape index (κ1) is 13.7. The number of carbonyl (C=O) groups is 1. The number of anilines is 1. The van der Waals surface area contributed by atoms with E-state index in [1.54, 1.807) is 19.2 Å². The predicted octanol–water partition coefficient (Wildman–Crippen LogP) is 2.17. The Morgan fingerprint density at radius 2 is 2.16 bits per heavy atom. The molecule has 1 N–H and O–H groups in total. The van der Waals surface area contributed by atoms with Crippen LogP contribution in [0.2, 0.25) is 5.02 Å². The van der Waals surface area contributed by atoms with Crippen LogP contribution >= 0.6 is 11.6 Å². The molecule has 1 aromatic rings. The van der Waals surface area contributed by atoms with E-state index in [4.69, 9.17) is 16.9 Å². The van der Waals surface area contributed by atoms with Crippen LogP contribution in [0.3, 0.4) is 0 Å². The molecule has 0 spiro atoms. The number of nitrogens with zero attached hydrogens (tertiary/aromatic N) is 2. The third-order valence-electron chi connectivity index (χ3n) is 3.53. The van der Waals surface area contributed by atoms with Gasteiger partial charge in [0.25, 0.3) is 0 Å². The molecule has 1 aliphatic rings. The molecule has 5 heteroatoms. The molecule has 0 aliphatic carbocycles. The van der Waals surface area contributed by atoms with E-state index in [-0.39, 0.29) is 11.8 Å². The summed E-state index contributed by atoms with van der Waals surface area (Å²) < 4.78 is 0. The third kappa shape index (κ3) is 2.99. The van der Waals surface area contributed by atoms with Crippen LogP contribution in [0.25, 0.3) is 0 Å². The van der Waals surface area contributed by atoms with E-state index >= 15 is 0 Å². The van der Waals surface area contributed by atoms with Crippen LogP contribution in [0.15, 0.2) is 18.2 Å². The minimum absolute atomic E-state index is 0.0825. The van der Waals surface area contributed by atoms with Crippen LogP contribution in [-0.2, 0) is 4.79 Å². The largest absolute Gasteiger partial charge is 0.370 e. The lowest BCUT2D eigenvalue weighted by atomic mass is 9.95. The molecule has 1 fully saturated rings. The Bertz CT molecular complexity index is 516. The molecule has 0 aromatic heterocycles. The number of halogens is 1. The van der Waals surface area contributed by atoms with Gasteiger partial charge in [-0.2, -0.15) is 5.26 Å². The van der Waals surface area contributed by atoms with Gasteiger partial charge >= 0.3 is 0 Å². The van der Waals surface area contributed by atoms with Gasteiger partial charge in [-0.05, 0) is 31.0 Å². The highest BCUT2D eigenvalue weighted by atomic mass is 35.5. The molecule has 1 amide bonds. The molecule has 0 bridgehead atoms. The molecule has 0 radical (unpaired) electrons. The van der Waals surface area contributed by atoms with Gasteiger partial charge in [-0.3, -0.25) is 4.79 Å². The van der Waals surface area contributed by atoms with Crippen molar-refractivity contribution in [3.63, 3.8) is 0 Å². The van der Waals surface area contributed by atoms with Crippen LogP contribution in [0.5, 0.6) is 0 Å². The van der Waals surface area contributed by atoms with Crippen LogP contribution in [0.4, 0.5) is 5.69 Å². The number of benzene rings is 1. The van der Waals surface area contributed by atoms with Crippen LogP contribution in [-0.4, -0.2) is 26.0 Å². The summed E-state index contributed by atoms with van der Waals surface area (Å²) >= 11 is 5.90. The third-order valence-corrected chi connectivity index (χ3v) is 3.77. The summed E-state index contributed by atoms with van der Waals surface area (Å²) in [7, 11) is 1.67. The number of carbonyl (C=O) groups excluding carboxylic acids is 1. The summed E-state index contributed by atoms with van der Waals surface area (Å²) in [6.45, 7) is 1.57. The fourth-order valence-electron chi connectivity index (χ4n) is 2.46. The summed E-state index contributed by atoms with van der Waals surface area (Å²) in [5.41, 5.74) is 1.49. The monoisotopic (exact) mass is 277 g/mol. The van der Waals surface area contributed by atoms with Crippen molar-refractivity contribution in [3.05, 3.63) is 28.8 Å². The molecule has 0 saturated carbocycles. The van der Waals surface area contributed by atoms with Gasteiger partial charge in [-0.1, -0.05) is 11.6 Å². The van der Waals surface area contributed by atoms with E-state index in [1.165, 1.54) is 0 Å². The van der Waals surface area contributed by atoms with Crippen LogP contribution < -0.4 is 10.2 Å². The molecule has 4 nitrogen and oxygen atoms in total. The number of hydrogen-bond donors (Lipinski definition) is 1. The number of rotatable bonds is 2. The Labute approximate surface area is 118 Å². The second-order valence-corrected chi connectivity index (χ2v) is 5.09. The summed E-state index contributed by atoms with van der Waals surface area (Å²) in [6.07, 6.45) is 1.63. The van der Waals surface area contributed by atoms with Crippen molar-refractivity contribution in [2.45, 2.75) is 12.8 Å². The number of amides is 1. The highest BCUT2D eigenvalue weighted by Gasteiger charge is 2.25. The maximum atomic E-state index is 11.6. The number of nitrogens with one attached hydrogen (secondary N) is 1. The zero-order valence-corrected chi connectivity index (χ0v) is 11.6. The maximum absolute atomic E-state index is 11.6. The molecule has 100 valence electrons. The van der Waals surface area contributed by atoms with Gasteiger partial charge < -0.3 is 10.2 Å². The lowest BCUT2D eigenvalue weighted by molar-refractivity contribution is -0.125. The average molecular weight is 278 g/mol. The van der Waals surface area contributed by atoms with E-state index in [1.807, 2.05) is 6.07 Å². The quantitative estimate of drug-likeness (QED) is 0.901. The minimum atomic E-state index is 0.0825. The van der Waals surface area contributed by atoms with E-state index in [2.05, 4.69) is 16.3 Å². The lowest BCUT2D eigenvalue weighted by Crippen LogP contribution is -2.39. The topological polar surface area (TPSA) is 56.1 Å². The van der Waals surface area contributed by atoms with Crippen molar-refractivity contribution < 1.29 is 4.79 Å². The summed E-state index contributed by atoms with van der Waals surface area (Å²) in [4.78, 5) is 13.7. The standard InChI is InChI=1S/C14H16ClN3O/c1-17-14(19)10-4-6-18(7-5-10)13-3-2-12(15)8-11(13)9-16/h2-3,8,10H,4-7H2,1H3,(H,17,19). The zero-order valence-electron chi connectivity index (χ0n) is 10.8. The Balaban J connectivity index is 2.10. The summed E-state index contributed by atoms with van der Waals surface area (Å²) in [5.74, 6) is 0.190. The minimum Gasteiger partial charge on any atom is -0.370 e. The van der Waals surface area contributed by atoms with E-state index in [0.29, 0.717) is 10.6 Å². The van der Waals surface area contributed by atoms with Gasteiger partial charge in [0.2, 0.25) is 5.91 Å². The van der Waals surface area contributed by atoms with Crippen LogP contribution in [0.1, 0.15) is 18.4 Å². The first-order valence-electron chi connectivity index (χ1n) is 6.32. The number of piperidine rings is 1. The molecule has 1 heterocycles. The second-order valence-electron chi connectivity index (χ2n) is 4.65. The fraction of sp³-hybridized carbons (Fsp3) is 0.429. The van der Waals surface area contributed by atoms with Crippen molar-refractivity contribution in [1.29, 1.82) is 5.26 Å². The predicted molar refractivity (Wildman–Crippen MR) is 75.2 cm³/mol. The zero-order chi connectivity index (χ0) is 13.8. The molecular formula is C14H16ClN3O. The van der Waals surface area contributed by atoms with E-state index < -0.39 is 0 Å². The maximum Gasteiger partial charge on any atom is 0.222 e. The lowest BCUT2D eigenvalue weighted by Gasteiger charge is -2.33. The first-order chi connectivity index (χ1) is 9.15. The summed E-state index contributed by atoms with van der Waals surface area (Å²) in [6, 6.07) is 7.53. The molecule has 0 atom stereocenters. The SMILES string of the molecule is CNC(=O)C1CCN(c2ccc(Cl)cc2C#N)CC1. The highest BCUT2D eigenvalue weighted by Crippen LogP contribution is 2.28. The van der Waals surface area contributed by atoms with Crippen molar-refractivity contribution in [3.8, 4) is 6.07 Å². The normalized spacial score (nSPS) is 15.9. The Hall–Kier alpha value is -1.73. The molecule has 19 heavy (non-hydrogen) atoms. The fourth-order valence-corrected chi connectivity index (χ4v) is 2.63. The van der Waals surface area contributed by atoms with Gasteiger partial charge in [-0.25, -0.2) is 0 Å². The molecule has 1 aromatic carbocycles. The van der Waals surface area contributed by atoms with Crippen LogP contribution in [0, 0.1) is 17.2 Å². The number of nitriles is 1.